The van der Waals surface area contributed by atoms with Gasteiger partial charge in [-0.15, -0.1) is 0 Å². The number of rotatable bonds is 8. The Morgan fingerprint density at radius 3 is 2.58 bits per heavy atom. The molecule has 1 aliphatic carbocycles. The van der Waals surface area contributed by atoms with Gasteiger partial charge in [-0.2, -0.15) is 4.31 Å². The van der Waals surface area contributed by atoms with Crippen LogP contribution in [-0.4, -0.2) is 78.6 Å². The zero-order valence-corrected chi connectivity index (χ0v) is 24.7. The van der Waals surface area contributed by atoms with Crippen LogP contribution in [0.3, 0.4) is 0 Å². The maximum atomic E-state index is 13.7. The molecule has 0 bridgehead atoms. The zero-order chi connectivity index (χ0) is 29.2. The number of amides is 2. The lowest BCUT2D eigenvalue weighted by molar-refractivity contribution is -0.120. The molecular formula is C28H40N4O7S. The fourth-order valence-electron chi connectivity index (χ4n) is 5.51. The average molecular weight is 577 g/mol. The second kappa shape index (κ2) is 12.3. The number of hydrogen-bond donors (Lipinski definition) is 2. The lowest BCUT2D eigenvalue weighted by Crippen LogP contribution is -2.50. The Bertz CT molecular complexity index is 1320. The van der Waals surface area contributed by atoms with Crippen LogP contribution in [-0.2, 0) is 14.8 Å². The Hall–Kier alpha value is -2.96. The van der Waals surface area contributed by atoms with E-state index in [1.165, 1.54) is 11.4 Å². The second-order valence-electron chi connectivity index (χ2n) is 11.1. The molecule has 2 aromatic rings. The van der Waals surface area contributed by atoms with E-state index < -0.39 is 22.2 Å². The molecule has 3 atom stereocenters. The molecule has 1 fully saturated rings. The van der Waals surface area contributed by atoms with Gasteiger partial charge >= 0.3 is 0 Å². The predicted molar refractivity (Wildman–Crippen MR) is 149 cm³/mol. The summed E-state index contributed by atoms with van der Waals surface area (Å²) in [5.74, 6) is -0.479. The van der Waals surface area contributed by atoms with Crippen molar-refractivity contribution in [3.63, 3.8) is 0 Å². The molecule has 0 spiro atoms. The highest BCUT2D eigenvalue weighted by atomic mass is 32.2. The molecule has 12 heteroatoms. The monoisotopic (exact) mass is 576 g/mol. The molecule has 1 aliphatic heterocycles. The Kier molecular flexibility index (Phi) is 9.21. The number of carbonyl (C=O) groups excluding carboxylic acids is 2. The number of nitrogens with zero attached hydrogens (tertiary/aromatic N) is 3. The number of likely N-dealkylation sites (N-methyl/N-ethyl adjacent to an activating group) is 1. The van der Waals surface area contributed by atoms with Crippen molar-refractivity contribution in [2.45, 2.75) is 76.8 Å². The third kappa shape index (κ3) is 6.03. The third-order valence-corrected chi connectivity index (χ3v) is 10.1. The van der Waals surface area contributed by atoms with Gasteiger partial charge in [0.15, 0.2) is 11.5 Å². The Morgan fingerprint density at radius 1 is 1.25 bits per heavy atom. The highest BCUT2D eigenvalue weighted by Crippen LogP contribution is 2.36. The van der Waals surface area contributed by atoms with Crippen LogP contribution in [0.25, 0.3) is 0 Å². The number of anilines is 1. The number of fused-ring (bicyclic) bond motifs is 1. The van der Waals surface area contributed by atoms with Crippen LogP contribution in [0.5, 0.6) is 5.75 Å². The number of benzene rings is 1. The van der Waals surface area contributed by atoms with Crippen LogP contribution < -0.4 is 10.1 Å². The number of aromatic nitrogens is 1. The van der Waals surface area contributed by atoms with Gasteiger partial charge in [-0.05, 0) is 45.7 Å². The molecule has 4 rings (SSSR count). The smallest absolute Gasteiger partial charge is 0.258 e. The number of nitrogens with one attached hydrogen (secondary N) is 1. The van der Waals surface area contributed by atoms with Gasteiger partial charge in [0.2, 0.25) is 15.9 Å². The first-order valence-corrected chi connectivity index (χ1v) is 15.3. The number of carbonyl (C=O) groups is 2. The number of aliphatic hydroxyl groups is 1. The van der Waals surface area contributed by atoms with E-state index in [9.17, 15) is 23.1 Å². The van der Waals surface area contributed by atoms with Gasteiger partial charge in [-0.1, -0.05) is 37.4 Å². The van der Waals surface area contributed by atoms with Crippen LogP contribution in [0.2, 0.25) is 0 Å². The molecular weight excluding hydrogens is 536 g/mol. The van der Waals surface area contributed by atoms with Gasteiger partial charge in [-0.25, -0.2) is 8.42 Å². The van der Waals surface area contributed by atoms with Crippen LogP contribution in [0, 0.1) is 25.7 Å². The Balaban J connectivity index is 1.71. The van der Waals surface area contributed by atoms with E-state index in [1.807, 2.05) is 6.92 Å². The van der Waals surface area contributed by atoms with E-state index in [2.05, 4.69) is 10.5 Å². The molecule has 2 aliphatic rings. The maximum absolute atomic E-state index is 13.7. The third-order valence-electron chi connectivity index (χ3n) is 8.00. The average Bonchev–Trinajstić information content (AvgIpc) is 3.29. The molecule has 2 heterocycles. The van der Waals surface area contributed by atoms with Gasteiger partial charge < -0.3 is 24.6 Å². The van der Waals surface area contributed by atoms with Gasteiger partial charge in [-0.3, -0.25) is 9.59 Å². The van der Waals surface area contributed by atoms with Crippen LogP contribution >= 0.6 is 0 Å². The number of ether oxygens (including phenoxy) is 1. The number of aliphatic hydroxyl groups excluding tert-OH is 1. The van der Waals surface area contributed by atoms with E-state index in [0.29, 0.717) is 5.69 Å². The first kappa shape index (κ1) is 30.0. The molecule has 0 unspecified atom stereocenters. The molecule has 0 saturated heterocycles. The summed E-state index contributed by atoms with van der Waals surface area (Å²) in [6.45, 7) is 6.72. The number of para-hydroxylation sites is 1. The summed E-state index contributed by atoms with van der Waals surface area (Å²) in [6.07, 6.45) is 4.05. The van der Waals surface area contributed by atoms with Crippen LogP contribution in [0.15, 0.2) is 27.6 Å². The summed E-state index contributed by atoms with van der Waals surface area (Å²) in [5.41, 5.74) is 0.880. The van der Waals surface area contributed by atoms with E-state index in [4.69, 9.17) is 9.26 Å². The first-order valence-electron chi connectivity index (χ1n) is 13.9. The molecule has 11 nitrogen and oxygen atoms in total. The highest BCUT2D eigenvalue weighted by molar-refractivity contribution is 7.89. The SMILES string of the molecule is Cc1noc(C)c1S(=O)(=O)N(C)C[C@@H]1Oc2c(NC(=O)C3CCCCC3)cccc2C(=O)N([C@@H](C)CO)C[C@@H]1C. The van der Waals surface area contributed by atoms with Crippen LogP contribution in [0.1, 0.15) is 67.8 Å². The minimum atomic E-state index is -3.96. The topological polar surface area (TPSA) is 142 Å². The van der Waals surface area contributed by atoms with Gasteiger partial charge in [0.1, 0.15) is 16.7 Å². The molecule has 1 saturated carbocycles. The standard InChI is InChI=1S/C28H40N4O7S/c1-17-14-32(18(2)16-33)28(35)22-12-9-13-23(29-27(34)21-10-7-6-8-11-21)25(22)38-24(17)15-31(5)40(36,37)26-19(3)30-39-20(26)4/h9,12-13,17-18,21,24,33H,6-8,10-11,14-16H2,1-5H3,(H,29,34)/t17-,18-,24-/m0/s1. The van der Waals surface area contributed by atoms with Crippen molar-refractivity contribution in [2.24, 2.45) is 11.8 Å². The quantitative estimate of drug-likeness (QED) is 0.487. The molecule has 40 heavy (non-hydrogen) atoms. The van der Waals surface area contributed by atoms with Crippen molar-refractivity contribution < 1.29 is 32.4 Å². The number of sulfonamides is 1. The number of hydrogen-bond acceptors (Lipinski definition) is 8. The van der Waals surface area contributed by atoms with Crippen molar-refractivity contribution in [1.82, 2.24) is 14.4 Å². The highest BCUT2D eigenvalue weighted by Gasteiger charge is 2.37. The summed E-state index contributed by atoms with van der Waals surface area (Å²) in [7, 11) is -2.50. The molecule has 1 aromatic carbocycles. The summed E-state index contributed by atoms with van der Waals surface area (Å²) < 4.78 is 39.8. The lowest BCUT2D eigenvalue weighted by Gasteiger charge is -2.38. The van der Waals surface area contributed by atoms with E-state index in [0.717, 1.165) is 32.1 Å². The van der Waals surface area contributed by atoms with E-state index in [1.54, 1.807) is 43.9 Å². The van der Waals surface area contributed by atoms with Crippen molar-refractivity contribution in [3.05, 3.63) is 35.2 Å². The minimum absolute atomic E-state index is 0.0139. The van der Waals surface area contributed by atoms with E-state index in [-0.39, 0.29) is 71.0 Å². The minimum Gasteiger partial charge on any atom is -0.486 e. The molecule has 1 aromatic heterocycles. The Labute approximate surface area is 235 Å². The second-order valence-corrected chi connectivity index (χ2v) is 13.0. The molecule has 2 amide bonds. The van der Waals surface area contributed by atoms with Gasteiger partial charge in [0, 0.05) is 25.4 Å². The molecule has 0 radical (unpaired) electrons. The Morgan fingerprint density at radius 2 is 1.95 bits per heavy atom. The molecule has 2 N–H and O–H groups in total. The number of aryl methyl sites for hydroxylation is 2. The molecule has 220 valence electrons. The normalized spacial score (nSPS) is 21.4. The fourth-order valence-corrected chi connectivity index (χ4v) is 6.98. The van der Waals surface area contributed by atoms with Crippen molar-refractivity contribution in [1.29, 1.82) is 0 Å². The van der Waals surface area contributed by atoms with Crippen molar-refractivity contribution in [2.75, 3.05) is 32.1 Å². The van der Waals surface area contributed by atoms with E-state index >= 15 is 0 Å². The predicted octanol–water partition coefficient (Wildman–Crippen LogP) is 3.35. The van der Waals surface area contributed by atoms with Crippen molar-refractivity contribution >= 4 is 27.5 Å². The summed E-state index contributed by atoms with van der Waals surface area (Å²) >= 11 is 0. The first-order chi connectivity index (χ1) is 18.9. The van der Waals surface area contributed by atoms with Crippen LogP contribution in [0.4, 0.5) is 5.69 Å². The fraction of sp³-hybridized carbons (Fsp3) is 0.607. The van der Waals surface area contributed by atoms with Gasteiger partial charge in [0.25, 0.3) is 5.91 Å². The summed E-state index contributed by atoms with van der Waals surface area (Å²) in [4.78, 5) is 28.4. The van der Waals surface area contributed by atoms with Crippen molar-refractivity contribution in [3.8, 4) is 5.75 Å². The summed E-state index contributed by atoms with van der Waals surface area (Å²) in [6, 6.07) is 4.53. The maximum Gasteiger partial charge on any atom is 0.258 e. The summed E-state index contributed by atoms with van der Waals surface area (Å²) in [5, 5.41) is 16.7. The largest absolute Gasteiger partial charge is 0.486 e. The lowest BCUT2D eigenvalue weighted by atomic mass is 9.88. The zero-order valence-electron chi connectivity index (χ0n) is 23.8. The van der Waals surface area contributed by atoms with Gasteiger partial charge in [0.05, 0.1) is 30.4 Å².